The predicted octanol–water partition coefficient (Wildman–Crippen LogP) is 5.24. The second kappa shape index (κ2) is 7.31. The average molecular weight is 418 g/mol. The van der Waals surface area contributed by atoms with Crippen molar-refractivity contribution in [3.63, 3.8) is 0 Å². The van der Waals surface area contributed by atoms with E-state index in [4.69, 9.17) is 4.74 Å². The highest BCUT2D eigenvalue weighted by molar-refractivity contribution is 6.00. The van der Waals surface area contributed by atoms with Crippen molar-refractivity contribution in [2.24, 2.45) is 0 Å². The van der Waals surface area contributed by atoms with Gasteiger partial charge in [-0.3, -0.25) is 15.1 Å². The zero-order chi connectivity index (χ0) is 21.5. The molecule has 0 aliphatic rings. The van der Waals surface area contributed by atoms with E-state index >= 15 is 0 Å². The van der Waals surface area contributed by atoms with Crippen LogP contribution in [-0.4, -0.2) is 37.2 Å². The van der Waals surface area contributed by atoms with E-state index < -0.39 is 0 Å². The van der Waals surface area contributed by atoms with Crippen LogP contribution >= 0.6 is 0 Å². The molecule has 2 N–H and O–H groups in total. The first-order chi connectivity index (χ1) is 15.8. The van der Waals surface area contributed by atoms with E-state index in [-0.39, 0.29) is 0 Å². The number of ether oxygens (including phenoxy) is 1. The molecule has 6 rings (SSSR count). The molecule has 1 aromatic carbocycles. The fourth-order valence-electron chi connectivity index (χ4n) is 4.02. The standard InChI is InChI=1S/C25H18N6O/c1-32-18-10-17(13-27-14-18)16-2-3-22-21(11-16)24(31-30-22)23-12-20-19(6-9-28-25(20)29-23)15-4-7-26-8-5-15/h2-14H,1H3,(H,28,29)(H,30,31). The highest BCUT2D eigenvalue weighted by Crippen LogP contribution is 2.34. The number of rotatable bonds is 4. The second-order valence-corrected chi connectivity index (χ2v) is 7.49. The molecule has 0 saturated carbocycles. The monoisotopic (exact) mass is 418 g/mol. The number of benzene rings is 1. The van der Waals surface area contributed by atoms with Gasteiger partial charge in [0.2, 0.25) is 0 Å². The number of H-pyrrole nitrogens is 2. The van der Waals surface area contributed by atoms with Gasteiger partial charge in [-0.1, -0.05) is 6.07 Å². The number of hydrogen-bond acceptors (Lipinski definition) is 5. The number of pyridine rings is 3. The first-order valence-corrected chi connectivity index (χ1v) is 10.2. The minimum Gasteiger partial charge on any atom is -0.495 e. The van der Waals surface area contributed by atoms with Crippen LogP contribution in [0.5, 0.6) is 5.75 Å². The first-order valence-electron chi connectivity index (χ1n) is 10.2. The number of nitrogens with one attached hydrogen (secondary N) is 2. The molecule has 5 aromatic heterocycles. The van der Waals surface area contributed by atoms with Crippen molar-refractivity contribution in [2.45, 2.75) is 0 Å². The number of methoxy groups -OCH3 is 1. The van der Waals surface area contributed by atoms with Gasteiger partial charge in [0.1, 0.15) is 17.1 Å². The summed E-state index contributed by atoms with van der Waals surface area (Å²) in [4.78, 5) is 16.4. The SMILES string of the molecule is COc1cncc(-c2ccc3[nH]nc(-c4cc5c(-c6ccncc6)ccnc5[nH]4)c3c2)c1. The molecule has 7 heteroatoms. The Morgan fingerprint density at radius 2 is 1.69 bits per heavy atom. The molecule has 0 aliphatic carbocycles. The first kappa shape index (κ1) is 18.3. The molecule has 7 nitrogen and oxygen atoms in total. The number of hydrogen-bond donors (Lipinski definition) is 2. The number of fused-ring (bicyclic) bond motifs is 2. The molecular formula is C25H18N6O. The Labute approximate surface area is 183 Å². The van der Waals surface area contributed by atoms with Crippen LogP contribution in [0.3, 0.4) is 0 Å². The summed E-state index contributed by atoms with van der Waals surface area (Å²) in [5.74, 6) is 0.723. The zero-order valence-electron chi connectivity index (χ0n) is 17.2. The van der Waals surface area contributed by atoms with Crippen molar-refractivity contribution in [2.75, 3.05) is 7.11 Å². The molecule has 32 heavy (non-hydrogen) atoms. The fraction of sp³-hybridized carbons (Fsp3) is 0.0400. The molecule has 0 bridgehead atoms. The topological polar surface area (TPSA) is 92.4 Å². The molecule has 0 saturated heterocycles. The molecule has 0 amide bonds. The minimum atomic E-state index is 0.723. The molecule has 6 aromatic rings. The van der Waals surface area contributed by atoms with E-state index in [1.165, 1.54) is 0 Å². The van der Waals surface area contributed by atoms with Crippen LogP contribution in [0.1, 0.15) is 0 Å². The molecule has 0 fully saturated rings. The molecular weight excluding hydrogens is 400 g/mol. The number of aromatic nitrogens is 6. The van der Waals surface area contributed by atoms with Gasteiger partial charge in [-0.2, -0.15) is 5.10 Å². The van der Waals surface area contributed by atoms with E-state index in [2.05, 4.69) is 48.3 Å². The Morgan fingerprint density at radius 3 is 2.56 bits per heavy atom. The van der Waals surface area contributed by atoms with Crippen LogP contribution in [-0.2, 0) is 0 Å². The average Bonchev–Trinajstić information content (AvgIpc) is 3.48. The largest absolute Gasteiger partial charge is 0.495 e. The molecule has 0 aliphatic heterocycles. The van der Waals surface area contributed by atoms with Gasteiger partial charge in [0, 0.05) is 41.1 Å². The quantitative estimate of drug-likeness (QED) is 0.408. The van der Waals surface area contributed by atoms with Crippen molar-refractivity contribution in [1.29, 1.82) is 0 Å². The highest BCUT2D eigenvalue weighted by atomic mass is 16.5. The van der Waals surface area contributed by atoms with Crippen LogP contribution < -0.4 is 4.74 Å². The van der Waals surface area contributed by atoms with E-state index in [1.807, 2.05) is 42.7 Å². The van der Waals surface area contributed by atoms with Crippen molar-refractivity contribution < 1.29 is 4.74 Å². The molecule has 0 atom stereocenters. The number of nitrogens with zero attached hydrogens (tertiary/aromatic N) is 4. The van der Waals surface area contributed by atoms with Crippen LogP contribution in [0.15, 0.2) is 79.5 Å². The Kier molecular flexibility index (Phi) is 4.18. The lowest BCUT2D eigenvalue weighted by Gasteiger charge is -2.04. The molecule has 5 heterocycles. The molecule has 0 spiro atoms. The van der Waals surface area contributed by atoms with E-state index in [0.717, 1.165) is 61.3 Å². The van der Waals surface area contributed by atoms with Gasteiger partial charge in [-0.05, 0) is 59.2 Å². The van der Waals surface area contributed by atoms with Crippen molar-refractivity contribution >= 4 is 21.9 Å². The normalized spacial score (nSPS) is 11.3. The van der Waals surface area contributed by atoms with Gasteiger partial charge in [0.15, 0.2) is 0 Å². The van der Waals surface area contributed by atoms with Gasteiger partial charge in [-0.15, -0.1) is 0 Å². The summed E-state index contributed by atoms with van der Waals surface area (Å²) in [5.41, 5.74) is 7.74. The summed E-state index contributed by atoms with van der Waals surface area (Å²) in [6.07, 6.45) is 8.94. The van der Waals surface area contributed by atoms with Crippen LogP contribution in [0.2, 0.25) is 0 Å². The molecule has 0 unspecified atom stereocenters. The maximum Gasteiger partial charge on any atom is 0.138 e. The zero-order valence-corrected chi connectivity index (χ0v) is 17.2. The van der Waals surface area contributed by atoms with E-state index in [0.29, 0.717) is 0 Å². The van der Waals surface area contributed by atoms with Crippen molar-refractivity contribution in [3.8, 4) is 39.4 Å². The summed E-state index contributed by atoms with van der Waals surface area (Å²) in [7, 11) is 1.64. The lowest BCUT2D eigenvalue weighted by atomic mass is 10.0. The van der Waals surface area contributed by atoms with Gasteiger partial charge < -0.3 is 9.72 Å². The Balaban J connectivity index is 1.50. The Morgan fingerprint density at radius 1 is 0.781 bits per heavy atom. The lowest BCUT2D eigenvalue weighted by Crippen LogP contribution is -1.86. The van der Waals surface area contributed by atoms with Gasteiger partial charge in [0.05, 0.1) is 24.5 Å². The summed E-state index contributed by atoms with van der Waals surface area (Å²) in [5, 5.41) is 9.79. The van der Waals surface area contributed by atoms with E-state index in [1.54, 1.807) is 25.7 Å². The molecule has 0 radical (unpaired) electrons. The summed E-state index contributed by atoms with van der Waals surface area (Å²) >= 11 is 0. The van der Waals surface area contributed by atoms with Crippen LogP contribution in [0, 0.1) is 0 Å². The van der Waals surface area contributed by atoms with Gasteiger partial charge in [-0.25, -0.2) is 4.98 Å². The summed E-state index contributed by atoms with van der Waals surface area (Å²) in [6.45, 7) is 0. The maximum absolute atomic E-state index is 5.33. The van der Waals surface area contributed by atoms with Crippen molar-refractivity contribution in [1.82, 2.24) is 30.1 Å². The van der Waals surface area contributed by atoms with Gasteiger partial charge in [0.25, 0.3) is 0 Å². The van der Waals surface area contributed by atoms with Gasteiger partial charge >= 0.3 is 0 Å². The Bertz CT molecular complexity index is 1570. The predicted molar refractivity (Wildman–Crippen MR) is 124 cm³/mol. The number of aromatic amines is 2. The fourth-order valence-corrected chi connectivity index (χ4v) is 4.02. The second-order valence-electron chi connectivity index (χ2n) is 7.49. The molecule has 154 valence electrons. The third-order valence-corrected chi connectivity index (χ3v) is 5.62. The highest BCUT2D eigenvalue weighted by Gasteiger charge is 2.15. The lowest BCUT2D eigenvalue weighted by molar-refractivity contribution is 0.413. The third-order valence-electron chi connectivity index (χ3n) is 5.62. The summed E-state index contributed by atoms with van der Waals surface area (Å²) in [6, 6.07) is 16.3. The third kappa shape index (κ3) is 2.99. The van der Waals surface area contributed by atoms with Crippen molar-refractivity contribution in [3.05, 3.63) is 79.5 Å². The van der Waals surface area contributed by atoms with Crippen LogP contribution in [0.25, 0.3) is 55.6 Å². The Hall–Kier alpha value is -4.52. The van der Waals surface area contributed by atoms with E-state index in [9.17, 15) is 0 Å². The minimum absolute atomic E-state index is 0.723. The van der Waals surface area contributed by atoms with Crippen LogP contribution in [0.4, 0.5) is 0 Å². The smallest absolute Gasteiger partial charge is 0.138 e. The maximum atomic E-state index is 5.33. The summed E-state index contributed by atoms with van der Waals surface area (Å²) < 4.78 is 5.33.